The molecule has 0 atom stereocenters. The third-order valence-corrected chi connectivity index (χ3v) is 6.72. The van der Waals surface area contributed by atoms with Gasteiger partial charge in [-0.25, -0.2) is 4.98 Å². The zero-order valence-corrected chi connectivity index (χ0v) is 19.9. The van der Waals surface area contributed by atoms with Crippen LogP contribution in [-0.4, -0.2) is 50.4 Å². The zero-order chi connectivity index (χ0) is 22.5. The molecule has 0 saturated heterocycles. The largest absolute Gasteiger partial charge is 0.497 e. The van der Waals surface area contributed by atoms with Gasteiger partial charge in [-0.05, 0) is 57.4 Å². The van der Waals surface area contributed by atoms with E-state index in [1.54, 1.807) is 14.2 Å². The highest BCUT2D eigenvalue weighted by atomic mass is 16.5. The van der Waals surface area contributed by atoms with Gasteiger partial charge < -0.3 is 25.0 Å². The lowest BCUT2D eigenvalue weighted by molar-refractivity contribution is 0.347. The van der Waals surface area contributed by atoms with Crippen molar-refractivity contribution in [1.82, 2.24) is 15.3 Å². The minimum absolute atomic E-state index is 0.431. The molecule has 0 unspecified atom stereocenters. The Hall–Kier alpha value is -2.54. The van der Waals surface area contributed by atoms with Crippen molar-refractivity contribution in [3.05, 3.63) is 35.0 Å². The van der Waals surface area contributed by atoms with Crippen molar-refractivity contribution in [2.45, 2.75) is 70.0 Å². The van der Waals surface area contributed by atoms with Crippen molar-refractivity contribution in [2.24, 2.45) is 0 Å². The first-order valence-electron chi connectivity index (χ1n) is 11.8. The van der Waals surface area contributed by atoms with Crippen LogP contribution in [-0.2, 0) is 19.4 Å². The number of nitrogens with one attached hydrogen (secondary N) is 2. The molecule has 4 rings (SSSR count). The summed E-state index contributed by atoms with van der Waals surface area (Å²) in [6, 6.07) is 6.95. The second-order valence-corrected chi connectivity index (χ2v) is 9.15. The Morgan fingerprint density at radius 3 is 2.44 bits per heavy atom. The molecular weight excluding hydrogens is 402 g/mol. The molecule has 1 aromatic carbocycles. The average molecular weight is 440 g/mol. The molecule has 1 fully saturated rings. The highest BCUT2D eigenvalue weighted by Crippen LogP contribution is 2.30. The molecule has 1 heterocycles. The summed E-state index contributed by atoms with van der Waals surface area (Å²) in [4.78, 5) is 11.9. The van der Waals surface area contributed by atoms with Gasteiger partial charge in [0.1, 0.15) is 17.3 Å². The number of hydrogen-bond acceptors (Lipinski definition) is 7. The minimum Gasteiger partial charge on any atom is -0.497 e. The van der Waals surface area contributed by atoms with Gasteiger partial charge in [0.2, 0.25) is 5.95 Å². The predicted molar refractivity (Wildman–Crippen MR) is 129 cm³/mol. The van der Waals surface area contributed by atoms with Gasteiger partial charge in [0.15, 0.2) is 0 Å². The third-order valence-electron chi connectivity index (χ3n) is 6.72. The lowest BCUT2D eigenvalue weighted by atomic mass is 9.91. The summed E-state index contributed by atoms with van der Waals surface area (Å²) in [6.45, 7) is 0.802. The second kappa shape index (κ2) is 10.4. The van der Waals surface area contributed by atoms with E-state index < -0.39 is 0 Å². The van der Waals surface area contributed by atoms with Crippen molar-refractivity contribution in [3.63, 3.8) is 0 Å². The van der Waals surface area contributed by atoms with Crippen LogP contribution < -0.4 is 25.0 Å². The monoisotopic (exact) mass is 439 g/mol. The number of aromatic nitrogens is 2. The van der Waals surface area contributed by atoms with E-state index in [-0.39, 0.29) is 0 Å². The number of ether oxygens (including phenoxy) is 2. The van der Waals surface area contributed by atoms with E-state index in [2.05, 4.69) is 35.7 Å². The Bertz CT molecular complexity index is 909. The number of methoxy groups -OCH3 is 2. The first-order chi connectivity index (χ1) is 15.6. The van der Waals surface area contributed by atoms with Crippen molar-refractivity contribution in [3.8, 4) is 11.5 Å². The van der Waals surface area contributed by atoms with E-state index in [0.717, 1.165) is 73.9 Å². The van der Waals surface area contributed by atoms with Gasteiger partial charge in [-0.1, -0.05) is 6.07 Å². The molecule has 0 aliphatic heterocycles. The lowest BCUT2D eigenvalue weighted by Crippen LogP contribution is -2.37. The van der Waals surface area contributed by atoms with Gasteiger partial charge in [0.05, 0.1) is 19.9 Å². The first-order valence-corrected chi connectivity index (χ1v) is 11.8. The van der Waals surface area contributed by atoms with Gasteiger partial charge in [-0.3, -0.25) is 0 Å². The Labute approximate surface area is 191 Å². The smallest absolute Gasteiger partial charge is 0.225 e. The van der Waals surface area contributed by atoms with E-state index in [0.29, 0.717) is 12.1 Å². The van der Waals surface area contributed by atoms with Crippen LogP contribution in [0.4, 0.5) is 11.8 Å². The molecule has 2 aromatic rings. The summed E-state index contributed by atoms with van der Waals surface area (Å²) in [5.41, 5.74) is 3.74. The quantitative estimate of drug-likeness (QED) is 0.645. The van der Waals surface area contributed by atoms with Gasteiger partial charge in [-0.2, -0.15) is 4.98 Å². The average Bonchev–Trinajstić information content (AvgIpc) is 2.83. The Morgan fingerprint density at radius 1 is 0.969 bits per heavy atom. The number of aryl methyl sites for hydroxylation is 1. The summed E-state index contributed by atoms with van der Waals surface area (Å²) in [5.74, 6) is 3.57. The number of nitrogens with zero attached hydrogens (tertiary/aromatic N) is 3. The van der Waals surface area contributed by atoms with Crippen LogP contribution in [0.2, 0.25) is 0 Å². The van der Waals surface area contributed by atoms with E-state index in [1.165, 1.54) is 24.1 Å². The molecule has 7 nitrogen and oxygen atoms in total. The Balaban J connectivity index is 1.31. The van der Waals surface area contributed by atoms with Crippen molar-refractivity contribution in [1.29, 1.82) is 0 Å². The summed E-state index contributed by atoms with van der Waals surface area (Å²) < 4.78 is 10.8. The minimum atomic E-state index is 0.431. The van der Waals surface area contributed by atoms with Crippen molar-refractivity contribution < 1.29 is 9.47 Å². The summed E-state index contributed by atoms with van der Waals surface area (Å²) in [6.07, 6.45) is 9.15. The van der Waals surface area contributed by atoms with Crippen LogP contribution in [0.1, 0.15) is 55.3 Å². The molecule has 7 heteroatoms. The Kier molecular flexibility index (Phi) is 7.35. The van der Waals surface area contributed by atoms with Crippen LogP contribution in [0.25, 0.3) is 0 Å². The fourth-order valence-corrected chi connectivity index (χ4v) is 4.89. The normalized spacial score (nSPS) is 20.4. The second-order valence-electron chi connectivity index (χ2n) is 9.15. The van der Waals surface area contributed by atoms with Crippen LogP contribution in [0.3, 0.4) is 0 Å². The van der Waals surface area contributed by atoms with E-state index >= 15 is 0 Å². The van der Waals surface area contributed by atoms with Gasteiger partial charge in [0, 0.05) is 49.9 Å². The van der Waals surface area contributed by atoms with Crippen LogP contribution >= 0.6 is 0 Å². The highest BCUT2D eigenvalue weighted by molar-refractivity contribution is 5.53. The third kappa shape index (κ3) is 5.26. The van der Waals surface area contributed by atoms with Crippen molar-refractivity contribution >= 4 is 11.8 Å². The molecule has 174 valence electrons. The molecule has 0 radical (unpaired) electrons. The highest BCUT2D eigenvalue weighted by Gasteiger charge is 2.24. The fraction of sp³-hybridized carbons (Fsp3) is 0.600. The maximum atomic E-state index is 5.53. The van der Waals surface area contributed by atoms with Gasteiger partial charge >= 0.3 is 0 Å². The van der Waals surface area contributed by atoms with Crippen LogP contribution in [0.15, 0.2) is 18.2 Å². The molecule has 2 aliphatic rings. The summed E-state index contributed by atoms with van der Waals surface area (Å²) in [5, 5.41) is 7.35. The SMILES string of the molecule is COc1ccc(CNC2CCC(Nc3nc4c(c(N(C)C)n3)CCCC4)CC2)c(OC)c1. The number of anilines is 2. The van der Waals surface area contributed by atoms with Crippen LogP contribution in [0.5, 0.6) is 11.5 Å². The van der Waals surface area contributed by atoms with Crippen LogP contribution in [0, 0.1) is 0 Å². The molecule has 2 aliphatic carbocycles. The van der Waals surface area contributed by atoms with Crippen molar-refractivity contribution in [2.75, 3.05) is 38.5 Å². The number of fused-ring (bicyclic) bond motifs is 1. The molecule has 0 amide bonds. The standard InChI is InChI=1S/C25H37N5O2/c1-30(2)24-21-7-5-6-8-22(21)28-25(29-24)27-19-12-10-18(11-13-19)26-16-17-9-14-20(31-3)15-23(17)32-4/h9,14-15,18-19,26H,5-8,10-13,16H2,1-4H3,(H,27,28,29). The lowest BCUT2D eigenvalue weighted by Gasteiger charge is -2.31. The number of hydrogen-bond donors (Lipinski definition) is 2. The van der Waals surface area contributed by atoms with E-state index in [1.807, 2.05) is 12.1 Å². The molecule has 0 bridgehead atoms. The Morgan fingerprint density at radius 2 is 1.72 bits per heavy atom. The first kappa shape index (κ1) is 22.6. The number of rotatable bonds is 8. The fourth-order valence-electron chi connectivity index (χ4n) is 4.89. The van der Waals surface area contributed by atoms with E-state index in [4.69, 9.17) is 19.4 Å². The maximum Gasteiger partial charge on any atom is 0.225 e. The van der Waals surface area contributed by atoms with E-state index in [9.17, 15) is 0 Å². The maximum absolute atomic E-state index is 5.53. The molecular formula is C25H37N5O2. The number of benzene rings is 1. The molecule has 1 saturated carbocycles. The molecule has 1 aromatic heterocycles. The molecule has 32 heavy (non-hydrogen) atoms. The zero-order valence-electron chi connectivity index (χ0n) is 19.9. The summed E-state index contributed by atoms with van der Waals surface area (Å²) >= 11 is 0. The van der Waals surface area contributed by atoms with Gasteiger partial charge in [0.25, 0.3) is 0 Å². The molecule has 2 N–H and O–H groups in total. The summed E-state index contributed by atoms with van der Waals surface area (Å²) in [7, 11) is 7.54. The topological polar surface area (TPSA) is 71.5 Å². The molecule has 0 spiro atoms. The van der Waals surface area contributed by atoms with Gasteiger partial charge in [-0.15, -0.1) is 0 Å². The predicted octanol–water partition coefficient (Wildman–Crippen LogP) is 3.95.